The fourth-order valence-electron chi connectivity index (χ4n) is 5.26. The Labute approximate surface area is 229 Å². The van der Waals surface area contributed by atoms with E-state index in [4.69, 9.17) is 9.97 Å². The lowest BCUT2D eigenvalue weighted by Crippen LogP contribution is -2.04. The number of pyridine rings is 2. The van der Waals surface area contributed by atoms with Crippen molar-refractivity contribution in [3.8, 4) is 11.1 Å². The van der Waals surface area contributed by atoms with Crippen LogP contribution >= 0.6 is 0 Å². The Morgan fingerprint density at radius 3 is 2.44 bits per heavy atom. The number of aromatic nitrogens is 3. The van der Waals surface area contributed by atoms with Crippen molar-refractivity contribution in [1.82, 2.24) is 14.5 Å². The average Bonchev–Trinajstić information content (AvgIpc) is 3.31. The molecule has 0 spiro atoms. The molecule has 0 atom stereocenters. The number of nitrogens with one attached hydrogen (secondary N) is 1. The van der Waals surface area contributed by atoms with Gasteiger partial charge in [0.2, 0.25) is 0 Å². The number of fused-ring (bicyclic) bond motifs is 3. The van der Waals surface area contributed by atoms with Crippen molar-refractivity contribution in [2.24, 2.45) is 0 Å². The van der Waals surface area contributed by atoms with Crippen molar-refractivity contribution in [1.29, 1.82) is 0 Å². The first-order chi connectivity index (χ1) is 19.3. The maximum absolute atomic E-state index is 5.24. The molecule has 5 aromatic rings. The number of benzene rings is 2. The second kappa shape index (κ2) is 10.8. The van der Waals surface area contributed by atoms with Crippen LogP contribution in [0, 0.1) is 0 Å². The summed E-state index contributed by atoms with van der Waals surface area (Å²) in [7, 11) is 0. The summed E-state index contributed by atoms with van der Waals surface area (Å²) in [6.07, 6.45) is 16.8. The lowest BCUT2D eigenvalue weighted by atomic mass is 9.96. The van der Waals surface area contributed by atoms with Crippen molar-refractivity contribution in [2.45, 2.75) is 19.8 Å². The number of anilines is 2. The molecule has 3 aromatic heterocycles. The number of allylic oxidation sites excluding steroid dienone is 9. The molecule has 0 saturated heterocycles. The SMILES string of the molecule is C=C/C=C(\C(=C/C)C1=CCCC=C1)n1c2cccnc2c2nc(Nc3ccccc3)c(-c3ccccc3)cc21. The Kier molecular flexibility index (Phi) is 6.75. The first-order valence-corrected chi connectivity index (χ1v) is 13.3. The molecular formula is C35H30N4. The Hall–Kier alpha value is -4.96. The van der Waals surface area contributed by atoms with Gasteiger partial charge in [-0.2, -0.15) is 0 Å². The minimum atomic E-state index is 0.794. The zero-order valence-electron chi connectivity index (χ0n) is 22.0. The molecule has 1 N–H and O–H groups in total. The lowest BCUT2D eigenvalue weighted by Gasteiger charge is -2.19. The minimum Gasteiger partial charge on any atom is -0.340 e. The van der Waals surface area contributed by atoms with Crippen molar-refractivity contribution >= 4 is 39.3 Å². The maximum atomic E-state index is 5.24. The highest BCUT2D eigenvalue weighted by molar-refractivity contribution is 6.09. The molecule has 0 saturated carbocycles. The summed E-state index contributed by atoms with van der Waals surface area (Å²) in [6.45, 7) is 6.16. The third-order valence-electron chi connectivity index (χ3n) is 7.00. The van der Waals surface area contributed by atoms with Gasteiger partial charge in [0, 0.05) is 23.0 Å². The number of hydrogen-bond donors (Lipinski definition) is 1. The fraction of sp³-hybridized carbons (Fsp3) is 0.0857. The van der Waals surface area contributed by atoms with Gasteiger partial charge in [0.15, 0.2) is 0 Å². The molecule has 0 bridgehead atoms. The highest BCUT2D eigenvalue weighted by Gasteiger charge is 2.22. The molecule has 39 heavy (non-hydrogen) atoms. The number of para-hydroxylation sites is 1. The van der Waals surface area contributed by atoms with Crippen molar-refractivity contribution in [2.75, 3.05) is 5.32 Å². The summed E-state index contributed by atoms with van der Waals surface area (Å²) in [4.78, 5) is 10.0. The van der Waals surface area contributed by atoms with Crippen LogP contribution in [-0.4, -0.2) is 14.5 Å². The summed E-state index contributed by atoms with van der Waals surface area (Å²) >= 11 is 0. The van der Waals surface area contributed by atoms with Gasteiger partial charge in [-0.25, -0.2) is 4.98 Å². The van der Waals surface area contributed by atoms with E-state index in [-0.39, 0.29) is 0 Å². The van der Waals surface area contributed by atoms with Gasteiger partial charge in [-0.05, 0) is 67.3 Å². The molecule has 2 aromatic carbocycles. The van der Waals surface area contributed by atoms with E-state index >= 15 is 0 Å². The normalized spacial score (nSPS) is 14.0. The summed E-state index contributed by atoms with van der Waals surface area (Å²) in [5, 5.41) is 3.57. The van der Waals surface area contributed by atoms with E-state index in [1.54, 1.807) is 0 Å². The molecule has 4 heteroatoms. The fourth-order valence-corrected chi connectivity index (χ4v) is 5.26. The lowest BCUT2D eigenvalue weighted by molar-refractivity contribution is 1.02. The maximum Gasteiger partial charge on any atom is 0.139 e. The van der Waals surface area contributed by atoms with Crippen LogP contribution in [0.15, 0.2) is 139 Å². The van der Waals surface area contributed by atoms with E-state index in [0.29, 0.717) is 0 Å². The molecular weight excluding hydrogens is 476 g/mol. The zero-order chi connectivity index (χ0) is 26.6. The van der Waals surface area contributed by atoms with Gasteiger partial charge in [0.25, 0.3) is 0 Å². The first-order valence-electron chi connectivity index (χ1n) is 13.3. The highest BCUT2D eigenvalue weighted by Crippen LogP contribution is 2.39. The zero-order valence-corrected chi connectivity index (χ0v) is 22.0. The van der Waals surface area contributed by atoms with E-state index < -0.39 is 0 Å². The molecule has 4 nitrogen and oxygen atoms in total. The molecule has 190 valence electrons. The van der Waals surface area contributed by atoms with Gasteiger partial charge in [-0.1, -0.05) is 85.5 Å². The van der Waals surface area contributed by atoms with E-state index in [2.05, 4.69) is 102 Å². The molecule has 3 heterocycles. The summed E-state index contributed by atoms with van der Waals surface area (Å²) in [6, 6.07) is 26.9. The average molecular weight is 507 g/mol. The quantitative estimate of drug-likeness (QED) is 0.224. The van der Waals surface area contributed by atoms with Gasteiger partial charge < -0.3 is 9.88 Å². The summed E-state index contributed by atoms with van der Waals surface area (Å²) in [5.41, 5.74) is 10.2. The first kappa shape index (κ1) is 24.4. The number of hydrogen-bond acceptors (Lipinski definition) is 3. The molecule has 1 aliphatic rings. The van der Waals surface area contributed by atoms with E-state index in [1.807, 2.05) is 42.6 Å². The molecule has 1 aliphatic carbocycles. The van der Waals surface area contributed by atoms with Gasteiger partial charge in [-0.15, -0.1) is 0 Å². The van der Waals surface area contributed by atoms with Gasteiger partial charge in [0.05, 0.1) is 16.7 Å². The molecule has 0 radical (unpaired) electrons. The second-order valence-electron chi connectivity index (χ2n) is 9.45. The number of nitrogens with zero attached hydrogens (tertiary/aromatic N) is 3. The molecule has 0 fully saturated rings. The molecule has 0 aliphatic heterocycles. The summed E-state index contributed by atoms with van der Waals surface area (Å²) < 4.78 is 2.28. The van der Waals surface area contributed by atoms with Crippen molar-refractivity contribution in [3.05, 3.63) is 139 Å². The van der Waals surface area contributed by atoms with Crippen molar-refractivity contribution in [3.63, 3.8) is 0 Å². The minimum absolute atomic E-state index is 0.794. The largest absolute Gasteiger partial charge is 0.340 e. The van der Waals surface area contributed by atoms with E-state index in [9.17, 15) is 0 Å². The van der Waals surface area contributed by atoms with Crippen LogP contribution in [0.4, 0.5) is 11.5 Å². The predicted molar refractivity (Wildman–Crippen MR) is 165 cm³/mol. The Morgan fingerprint density at radius 2 is 1.72 bits per heavy atom. The third kappa shape index (κ3) is 4.62. The Morgan fingerprint density at radius 1 is 0.923 bits per heavy atom. The predicted octanol–water partition coefficient (Wildman–Crippen LogP) is 9.24. The van der Waals surface area contributed by atoms with Gasteiger partial charge in [0.1, 0.15) is 16.9 Å². The van der Waals surface area contributed by atoms with Crippen molar-refractivity contribution < 1.29 is 0 Å². The van der Waals surface area contributed by atoms with Crippen LogP contribution in [0.3, 0.4) is 0 Å². The van der Waals surface area contributed by atoms with Gasteiger partial charge in [-0.3, -0.25) is 4.98 Å². The van der Waals surface area contributed by atoms with Crippen LogP contribution in [0.2, 0.25) is 0 Å². The monoisotopic (exact) mass is 506 g/mol. The third-order valence-corrected chi connectivity index (χ3v) is 7.00. The Bertz CT molecular complexity index is 1780. The summed E-state index contributed by atoms with van der Waals surface area (Å²) in [5.74, 6) is 0.794. The second-order valence-corrected chi connectivity index (χ2v) is 9.45. The van der Waals surface area contributed by atoms with E-state index in [0.717, 1.165) is 68.8 Å². The van der Waals surface area contributed by atoms with Crippen LogP contribution in [0.25, 0.3) is 38.9 Å². The topological polar surface area (TPSA) is 42.7 Å². The van der Waals surface area contributed by atoms with Gasteiger partial charge >= 0.3 is 0 Å². The highest BCUT2D eigenvalue weighted by atomic mass is 15.1. The van der Waals surface area contributed by atoms with Crippen LogP contribution in [0.5, 0.6) is 0 Å². The van der Waals surface area contributed by atoms with Crippen LogP contribution in [0.1, 0.15) is 19.8 Å². The standard InChI is InChI=1S/C35H30N4/c1-3-15-30(28(4-2)25-16-8-5-9-17-25)39-31-22-14-23-36-33(31)34-32(39)24-29(26-18-10-6-11-19-26)35(38-34)37-27-20-12-7-13-21-27/h3-4,6-8,10-24H,1,5,9H2,2H3,(H,37,38)/b28-4-,30-15+. The molecule has 0 amide bonds. The Balaban J connectivity index is 1.66. The van der Waals surface area contributed by atoms with Crippen LogP contribution < -0.4 is 5.32 Å². The molecule has 0 unspecified atom stereocenters. The molecule has 6 rings (SSSR count). The van der Waals surface area contributed by atoms with Crippen LogP contribution in [-0.2, 0) is 0 Å². The smallest absolute Gasteiger partial charge is 0.139 e. The van der Waals surface area contributed by atoms with E-state index in [1.165, 1.54) is 5.57 Å². The number of rotatable bonds is 7.